The van der Waals surface area contributed by atoms with Gasteiger partial charge in [0.15, 0.2) is 5.16 Å². The van der Waals surface area contributed by atoms with Gasteiger partial charge < -0.3 is 15.0 Å². The SMILES string of the molecule is CCc1cnc(SCC(=O)O)n1CC(C)(C)C(=O)NC. The maximum atomic E-state index is 11.9. The number of nitrogens with one attached hydrogen (secondary N) is 1. The summed E-state index contributed by atoms with van der Waals surface area (Å²) < 4.78 is 1.93. The Balaban J connectivity index is 2.99. The molecule has 0 aliphatic heterocycles. The van der Waals surface area contributed by atoms with Crippen molar-refractivity contribution in [3.8, 4) is 0 Å². The Kier molecular flexibility index (Phi) is 5.62. The van der Waals surface area contributed by atoms with E-state index in [9.17, 15) is 9.59 Å². The van der Waals surface area contributed by atoms with Gasteiger partial charge in [0.05, 0.1) is 11.2 Å². The van der Waals surface area contributed by atoms with Gasteiger partial charge in [-0.1, -0.05) is 18.7 Å². The summed E-state index contributed by atoms with van der Waals surface area (Å²) in [5.74, 6) is -0.976. The van der Waals surface area contributed by atoms with Crippen LogP contribution in [0.25, 0.3) is 0 Å². The number of amides is 1. The van der Waals surface area contributed by atoms with Crippen LogP contribution in [0.15, 0.2) is 11.4 Å². The number of thioether (sulfide) groups is 1. The van der Waals surface area contributed by atoms with E-state index in [0.29, 0.717) is 11.7 Å². The molecule has 0 unspecified atom stereocenters. The van der Waals surface area contributed by atoms with Gasteiger partial charge in [-0.05, 0) is 20.3 Å². The number of imidazole rings is 1. The molecular weight excluding hydrogens is 278 g/mol. The van der Waals surface area contributed by atoms with Crippen LogP contribution in [0.3, 0.4) is 0 Å². The van der Waals surface area contributed by atoms with Crippen molar-refractivity contribution in [3.63, 3.8) is 0 Å². The van der Waals surface area contributed by atoms with Crippen LogP contribution in [0.4, 0.5) is 0 Å². The van der Waals surface area contributed by atoms with E-state index in [1.54, 1.807) is 13.2 Å². The third kappa shape index (κ3) is 4.00. The number of carbonyl (C=O) groups is 2. The summed E-state index contributed by atoms with van der Waals surface area (Å²) in [7, 11) is 1.61. The molecule has 0 aliphatic carbocycles. The molecule has 0 radical (unpaired) electrons. The Hall–Kier alpha value is -1.50. The number of carboxylic acids is 1. The quantitative estimate of drug-likeness (QED) is 0.743. The van der Waals surface area contributed by atoms with E-state index in [-0.39, 0.29) is 11.7 Å². The minimum absolute atomic E-state index is 0.0411. The second-order valence-electron chi connectivity index (χ2n) is 5.12. The van der Waals surface area contributed by atoms with Crippen LogP contribution in [0.1, 0.15) is 26.5 Å². The number of aryl methyl sites for hydroxylation is 1. The van der Waals surface area contributed by atoms with Gasteiger partial charge in [-0.3, -0.25) is 9.59 Å². The van der Waals surface area contributed by atoms with Crippen molar-refractivity contribution >= 4 is 23.6 Å². The Morgan fingerprint density at radius 3 is 2.65 bits per heavy atom. The maximum Gasteiger partial charge on any atom is 0.313 e. The fourth-order valence-corrected chi connectivity index (χ4v) is 2.61. The molecule has 0 aromatic carbocycles. The lowest BCUT2D eigenvalue weighted by molar-refractivity contribution is -0.134. The summed E-state index contributed by atoms with van der Waals surface area (Å²) in [6, 6.07) is 0. The van der Waals surface area contributed by atoms with Crippen LogP contribution in [-0.2, 0) is 22.6 Å². The molecule has 6 nitrogen and oxygen atoms in total. The molecule has 0 spiro atoms. The third-order valence-electron chi connectivity index (χ3n) is 2.98. The van der Waals surface area contributed by atoms with Crippen LogP contribution in [-0.4, -0.2) is 39.3 Å². The summed E-state index contributed by atoms with van der Waals surface area (Å²) in [5.41, 5.74) is 0.410. The van der Waals surface area contributed by atoms with E-state index in [1.807, 2.05) is 25.3 Å². The van der Waals surface area contributed by atoms with Crippen LogP contribution in [0.2, 0.25) is 0 Å². The highest BCUT2D eigenvalue weighted by atomic mass is 32.2. The first kappa shape index (κ1) is 16.6. The standard InChI is InChI=1S/C13H21N3O3S/c1-5-9-6-15-12(20-7-10(17)18)16(9)8-13(2,3)11(19)14-4/h6H,5,7-8H2,1-4H3,(H,14,19)(H,17,18). The zero-order valence-electron chi connectivity index (χ0n) is 12.3. The number of rotatable bonds is 7. The first-order valence-electron chi connectivity index (χ1n) is 6.43. The van der Waals surface area contributed by atoms with Crippen LogP contribution in [0.5, 0.6) is 0 Å². The first-order valence-corrected chi connectivity index (χ1v) is 7.41. The van der Waals surface area contributed by atoms with Crippen LogP contribution >= 0.6 is 11.8 Å². The monoisotopic (exact) mass is 299 g/mol. The molecule has 0 saturated heterocycles. The lowest BCUT2D eigenvalue weighted by Gasteiger charge is -2.25. The molecule has 1 aromatic rings. The van der Waals surface area contributed by atoms with Crippen molar-refractivity contribution in [1.29, 1.82) is 0 Å². The molecule has 1 heterocycles. The van der Waals surface area contributed by atoms with Gasteiger partial charge in [0.25, 0.3) is 0 Å². The molecule has 112 valence electrons. The average molecular weight is 299 g/mol. The summed E-state index contributed by atoms with van der Waals surface area (Å²) in [5, 5.41) is 12.1. The van der Waals surface area contributed by atoms with Crippen LogP contribution in [0, 0.1) is 5.41 Å². The normalized spacial score (nSPS) is 11.4. The summed E-state index contributed by atoms with van der Waals surface area (Å²) >= 11 is 1.17. The number of carbonyl (C=O) groups excluding carboxylic acids is 1. The van der Waals surface area contributed by atoms with Gasteiger partial charge in [0, 0.05) is 25.5 Å². The highest BCUT2D eigenvalue weighted by molar-refractivity contribution is 7.99. The van der Waals surface area contributed by atoms with E-state index in [4.69, 9.17) is 5.11 Å². The molecular formula is C13H21N3O3S. The number of aromatic nitrogens is 2. The van der Waals surface area contributed by atoms with E-state index >= 15 is 0 Å². The molecule has 1 amide bonds. The minimum Gasteiger partial charge on any atom is -0.481 e. The molecule has 0 aliphatic rings. The number of hydrogen-bond donors (Lipinski definition) is 2. The van der Waals surface area contributed by atoms with Crippen LogP contribution < -0.4 is 5.32 Å². The van der Waals surface area contributed by atoms with Crippen molar-refractivity contribution in [2.24, 2.45) is 5.41 Å². The minimum atomic E-state index is -0.881. The molecule has 0 bridgehead atoms. The number of nitrogens with zero attached hydrogens (tertiary/aromatic N) is 2. The van der Waals surface area contributed by atoms with E-state index in [2.05, 4.69) is 10.3 Å². The average Bonchev–Trinajstić information content (AvgIpc) is 2.76. The molecule has 0 atom stereocenters. The molecule has 1 rings (SSSR count). The maximum absolute atomic E-state index is 11.9. The molecule has 0 fully saturated rings. The number of carboxylic acid groups (broad SMARTS) is 1. The fourth-order valence-electron chi connectivity index (χ4n) is 1.89. The predicted octanol–water partition coefficient (Wildman–Crippen LogP) is 1.39. The van der Waals surface area contributed by atoms with Crippen molar-refractivity contribution in [1.82, 2.24) is 14.9 Å². The van der Waals surface area contributed by atoms with E-state index < -0.39 is 11.4 Å². The molecule has 2 N–H and O–H groups in total. The first-order chi connectivity index (χ1) is 9.31. The Labute approximate surface area is 123 Å². The summed E-state index contributed by atoms with van der Waals surface area (Å²) in [6.45, 7) is 6.19. The number of hydrogen-bond acceptors (Lipinski definition) is 4. The Bertz CT molecular complexity index is 497. The molecule has 7 heteroatoms. The topological polar surface area (TPSA) is 84.2 Å². The second kappa shape index (κ2) is 6.78. The second-order valence-corrected chi connectivity index (χ2v) is 6.06. The largest absolute Gasteiger partial charge is 0.481 e. The highest BCUT2D eigenvalue weighted by Gasteiger charge is 2.29. The van der Waals surface area contributed by atoms with E-state index in [1.165, 1.54) is 11.8 Å². The predicted molar refractivity (Wildman–Crippen MR) is 77.8 cm³/mol. The van der Waals surface area contributed by atoms with Gasteiger partial charge in [-0.15, -0.1) is 0 Å². The zero-order chi connectivity index (χ0) is 15.3. The molecule has 0 saturated carbocycles. The van der Waals surface area contributed by atoms with Crippen molar-refractivity contribution in [2.45, 2.75) is 38.9 Å². The highest BCUT2D eigenvalue weighted by Crippen LogP contribution is 2.25. The zero-order valence-corrected chi connectivity index (χ0v) is 13.1. The third-order valence-corrected chi connectivity index (χ3v) is 3.96. The Morgan fingerprint density at radius 2 is 2.15 bits per heavy atom. The summed E-state index contributed by atoms with van der Waals surface area (Å²) in [6.07, 6.45) is 2.52. The van der Waals surface area contributed by atoms with Gasteiger partial charge in [0.2, 0.25) is 5.91 Å². The van der Waals surface area contributed by atoms with Gasteiger partial charge in [-0.25, -0.2) is 4.98 Å². The lowest BCUT2D eigenvalue weighted by Crippen LogP contribution is -2.38. The van der Waals surface area contributed by atoms with Crippen molar-refractivity contribution in [3.05, 3.63) is 11.9 Å². The van der Waals surface area contributed by atoms with Crippen molar-refractivity contribution in [2.75, 3.05) is 12.8 Å². The van der Waals surface area contributed by atoms with Crippen molar-refractivity contribution < 1.29 is 14.7 Å². The molecule has 1 aromatic heterocycles. The fraction of sp³-hybridized carbons (Fsp3) is 0.615. The molecule has 20 heavy (non-hydrogen) atoms. The van der Waals surface area contributed by atoms with Gasteiger partial charge in [0.1, 0.15) is 0 Å². The van der Waals surface area contributed by atoms with Gasteiger partial charge in [-0.2, -0.15) is 0 Å². The van der Waals surface area contributed by atoms with E-state index in [0.717, 1.165) is 12.1 Å². The number of aliphatic carboxylic acids is 1. The Morgan fingerprint density at radius 1 is 1.50 bits per heavy atom. The lowest BCUT2D eigenvalue weighted by atomic mass is 9.92. The van der Waals surface area contributed by atoms with Gasteiger partial charge >= 0.3 is 5.97 Å². The summed E-state index contributed by atoms with van der Waals surface area (Å²) in [4.78, 5) is 26.8. The smallest absolute Gasteiger partial charge is 0.313 e.